The van der Waals surface area contributed by atoms with Crippen molar-refractivity contribution < 1.29 is 0 Å². The Morgan fingerprint density at radius 2 is 1.87 bits per heavy atom. The average Bonchev–Trinajstić information content (AvgIpc) is 2.39. The molecule has 0 saturated heterocycles. The van der Waals surface area contributed by atoms with Crippen molar-refractivity contribution >= 4 is 0 Å². The van der Waals surface area contributed by atoms with E-state index >= 15 is 0 Å². The van der Waals surface area contributed by atoms with E-state index in [1.54, 1.807) is 0 Å². The SMILES string of the molecule is CCCCCCNC1CC(C)(C)CC1C. The van der Waals surface area contributed by atoms with Gasteiger partial charge in [-0.3, -0.25) is 0 Å². The second-order valence-corrected chi connectivity index (χ2v) is 6.17. The Morgan fingerprint density at radius 3 is 2.40 bits per heavy atom. The number of rotatable bonds is 6. The summed E-state index contributed by atoms with van der Waals surface area (Å²) in [7, 11) is 0. The molecule has 0 radical (unpaired) electrons. The third-order valence-corrected chi connectivity index (χ3v) is 3.77. The highest BCUT2D eigenvalue weighted by Crippen LogP contribution is 2.40. The van der Waals surface area contributed by atoms with Crippen molar-refractivity contribution in [1.29, 1.82) is 0 Å². The van der Waals surface area contributed by atoms with E-state index in [0.29, 0.717) is 5.41 Å². The normalized spacial score (nSPS) is 29.6. The molecule has 1 fully saturated rings. The van der Waals surface area contributed by atoms with E-state index in [-0.39, 0.29) is 0 Å². The topological polar surface area (TPSA) is 12.0 Å². The summed E-state index contributed by atoms with van der Waals surface area (Å²) in [6, 6.07) is 0.779. The van der Waals surface area contributed by atoms with Crippen LogP contribution in [0.2, 0.25) is 0 Å². The third-order valence-electron chi connectivity index (χ3n) is 3.77. The Labute approximate surface area is 96.0 Å². The molecule has 1 N–H and O–H groups in total. The molecule has 0 heterocycles. The van der Waals surface area contributed by atoms with Gasteiger partial charge < -0.3 is 5.32 Å². The van der Waals surface area contributed by atoms with E-state index in [9.17, 15) is 0 Å². The summed E-state index contributed by atoms with van der Waals surface area (Å²) in [4.78, 5) is 0. The molecular weight excluding hydrogens is 182 g/mol. The predicted octanol–water partition coefficient (Wildman–Crippen LogP) is 3.98. The summed E-state index contributed by atoms with van der Waals surface area (Å²) in [5, 5.41) is 3.75. The summed E-state index contributed by atoms with van der Waals surface area (Å²) < 4.78 is 0. The molecule has 0 bridgehead atoms. The number of hydrogen-bond donors (Lipinski definition) is 1. The minimum Gasteiger partial charge on any atom is -0.314 e. The van der Waals surface area contributed by atoms with Gasteiger partial charge in [-0.1, -0.05) is 47.0 Å². The van der Waals surface area contributed by atoms with Crippen LogP contribution in [-0.2, 0) is 0 Å². The van der Waals surface area contributed by atoms with E-state index in [1.165, 1.54) is 45.1 Å². The molecule has 0 aromatic carbocycles. The van der Waals surface area contributed by atoms with Gasteiger partial charge in [0, 0.05) is 6.04 Å². The number of unbranched alkanes of at least 4 members (excludes halogenated alkanes) is 3. The van der Waals surface area contributed by atoms with E-state index in [1.807, 2.05) is 0 Å². The molecular formula is C14H29N. The molecule has 0 aliphatic heterocycles. The van der Waals surface area contributed by atoms with Gasteiger partial charge in [0.25, 0.3) is 0 Å². The fraction of sp³-hybridized carbons (Fsp3) is 1.00. The molecule has 15 heavy (non-hydrogen) atoms. The standard InChI is InChI=1S/C14H29N/c1-5-6-7-8-9-15-13-11-14(3,4)10-12(13)2/h12-13,15H,5-11H2,1-4H3. The Hall–Kier alpha value is -0.0400. The fourth-order valence-corrected chi connectivity index (χ4v) is 3.01. The van der Waals surface area contributed by atoms with Crippen molar-refractivity contribution in [2.75, 3.05) is 6.54 Å². The number of nitrogens with one attached hydrogen (secondary N) is 1. The van der Waals surface area contributed by atoms with Gasteiger partial charge >= 0.3 is 0 Å². The molecule has 1 rings (SSSR count). The summed E-state index contributed by atoms with van der Waals surface area (Å²) in [5.41, 5.74) is 0.570. The maximum Gasteiger partial charge on any atom is 0.00979 e. The Balaban J connectivity index is 2.11. The number of hydrogen-bond acceptors (Lipinski definition) is 1. The van der Waals surface area contributed by atoms with Gasteiger partial charge in [-0.25, -0.2) is 0 Å². The highest BCUT2D eigenvalue weighted by atomic mass is 14.9. The van der Waals surface area contributed by atoms with Crippen molar-refractivity contribution in [3.8, 4) is 0 Å². The van der Waals surface area contributed by atoms with Crippen LogP contribution in [-0.4, -0.2) is 12.6 Å². The van der Waals surface area contributed by atoms with Gasteiger partial charge in [-0.2, -0.15) is 0 Å². The average molecular weight is 211 g/mol. The van der Waals surface area contributed by atoms with Crippen molar-refractivity contribution in [3.05, 3.63) is 0 Å². The van der Waals surface area contributed by atoms with Crippen LogP contribution in [0.5, 0.6) is 0 Å². The lowest BCUT2D eigenvalue weighted by Crippen LogP contribution is -2.32. The van der Waals surface area contributed by atoms with E-state index in [4.69, 9.17) is 0 Å². The lowest BCUT2D eigenvalue weighted by Gasteiger charge is -2.18. The molecule has 1 nitrogen and oxygen atoms in total. The van der Waals surface area contributed by atoms with Gasteiger partial charge in [-0.05, 0) is 37.1 Å². The summed E-state index contributed by atoms with van der Waals surface area (Å²) in [5.74, 6) is 0.867. The van der Waals surface area contributed by atoms with Crippen LogP contribution in [0.4, 0.5) is 0 Å². The lowest BCUT2D eigenvalue weighted by molar-refractivity contribution is 0.361. The van der Waals surface area contributed by atoms with Crippen molar-refractivity contribution in [2.24, 2.45) is 11.3 Å². The van der Waals surface area contributed by atoms with Crippen LogP contribution in [0.3, 0.4) is 0 Å². The largest absolute Gasteiger partial charge is 0.314 e. The van der Waals surface area contributed by atoms with E-state index in [0.717, 1.165) is 12.0 Å². The Bertz CT molecular complexity index is 174. The van der Waals surface area contributed by atoms with Gasteiger partial charge in [0.15, 0.2) is 0 Å². The van der Waals surface area contributed by atoms with Crippen molar-refractivity contribution in [1.82, 2.24) is 5.32 Å². The molecule has 1 heteroatoms. The smallest absolute Gasteiger partial charge is 0.00979 e. The summed E-state index contributed by atoms with van der Waals surface area (Å²) >= 11 is 0. The predicted molar refractivity (Wildman–Crippen MR) is 68.1 cm³/mol. The van der Waals surface area contributed by atoms with E-state index < -0.39 is 0 Å². The quantitative estimate of drug-likeness (QED) is 0.655. The first-order valence-electron chi connectivity index (χ1n) is 6.78. The van der Waals surface area contributed by atoms with Crippen LogP contribution in [0.1, 0.15) is 66.2 Å². The molecule has 90 valence electrons. The fourth-order valence-electron chi connectivity index (χ4n) is 3.01. The molecule has 0 amide bonds. The van der Waals surface area contributed by atoms with Gasteiger partial charge in [-0.15, -0.1) is 0 Å². The zero-order valence-electron chi connectivity index (χ0n) is 11.1. The first kappa shape index (κ1) is 13.0. The van der Waals surface area contributed by atoms with E-state index in [2.05, 4.69) is 33.0 Å². The first-order chi connectivity index (χ1) is 7.05. The molecule has 1 saturated carbocycles. The highest BCUT2D eigenvalue weighted by molar-refractivity contribution is 4.90. The van der Waals surface area contributed by atoms with Crippen LogP contribution in [0.25, 0.3) is 0 Å². The van der Waals surface area contributed by atoms with Crippen molar-refractivity contribution in [2.45, 2.75) is 72.3 Å². The van der Waals surface area contributed by atoms with Crippen LogP contribution >= 0.6 is 0 Å². The van der Waals surface area contributed by atoms with Crippen LogP contribution < -0.4 is 5.32 Å². The Kier molecular flexibility index (Phi) is 5.11. The lowest BCUT2D eigenvalue weighted by atomic mass is 9.91. The molecule has 0 aromatic heterocycles. The second-order valence-electron chi connectivity index (χ2n) is 6.17. The first-order valence-corrected chi connectivity index (χ1v) is 6.78. The summed E-state index contributed by atoms with van der Waals surface area (Å²) in [6.45, 7) is 10.7. The molecule has 0 spiro atoms. The minimum absolute atomic E-state index is 0.570. The van der Waals surface area contributed by atoms with Gasteiger partial charge in [0.2, 0.25) is 0 Å². The maximum atomic E-state index is 3.75. The van der Waals surface area contributed by atoms with Crippen molar-refractivity contribution in [3.63, 3.8) is 0 Å². The maximum absolute atomic E-state index is 3.75. The second kappa shape index (κ2) is 5.89. The monoisotopic (exact) mass is 211 g/mol. The molecule has 2 unspecified atom stereocenters. The minimum atomic E-state index is 0.570. The molecule has 1 aliphatic rings. The van der Waals surface area contributed by atoms with Gasteiger partial charge in [0.1, 0.15) is 0 Å². The van der Waals surface area contributed by atoms with Crippen LogP contribution in [0, 0.1) is 11.3 Å². The highest BCUT2D eigenvalue weighted by Gasteiger charge is 2.35. The summed E-state index contributed by atoms with van der Waals surface area (Å²) in [6.07, 6.45) is 8.24. The Morgan fingerprint density at radius 1 is 1.13 bits per heavy atom. The molecule has 0 aromatic rings. The zero-order chi connectivity index (χ0) is 11.3. The molecule has 1 aliphatic carbocycles. The molecule has 2 atom stereocenters. The van der Waals surface area contributed by atoms with Gasteiger partial charge in [0.05, 0.1) is 0 Å². The zero-order valence-corrected chi connectivity index (χ0v) is 11.1. The van der Waals surface area contributed by atoms with Crippen LogP contribution in [0.15, 0.2) is 0 Å². The third kappa shape index (κ3) is 4.55.